The number of rotatable bonds is 8. The summed E-state index contributed by atoms with van der Waals surface area (Å²) in [6.07, 6.45) is 0. The highest BCUT2D eigenvalue weighted by Gasteiger charge is 2.23. The number of fused-ring (bicyclic) bond motifs is 3. The molecule has 0 aliphatic heterocycles. The van der Waals surface area contributed by atoms with Gasteiger partial charge in [0.05, 0.1) is 28.1 Å². The van der Waals surface area contributed by atoms with Gasteiger partial charge in [0.25, 0.3) is 0 Å². The van der Waals surface area contributed by atoms with Gasteiger partial charge in [0, 0.05) is 32.8 Å². The lowest BCUT2D eigenvalue weighted by atomic mass is 9.91. The predicted octanol–water partition coefficient (Wildman–Crippen LogP) is 17.8. The van der Waals surface area contributed by atoms with Crippen molar-refractivity contribution in [2.24, 2.45) is 0 Å². The highest BCUT2D eigenvalue weighted by molar-refractivity contribution is 6.27. The number of benzene rings is 12. The molecule has 66 heavy (non-hydrogen) atoms. The van der Waals surface area contributed by atoms with Gasteiger partial charge in [-0.3, -0.25) is 0 Å². The van der Waals surface area contributed by atoms with Crippen LogP contribution in [0.3, 0.4) is 0 Å². The Morgan fingerprint density at radius 2 is 0.773 bits per heavy atom. The average Bonchev–Trinajstić information content (AvgIpc) is 3.73. The molecule has 1 heterocycles. The summed E-state index contributed by atoms with van der Waals surface area (Å²) in [5, 5.41) is 9.97. The van der Waals surface area contributed by atoms with E-state index in [9.17, 15) is 0 Å². The molecule has 0 fully saturated rings. The van der Waals surface area contributed by atoms with Crippen LogP contribution in [0.1, 0.15) is 0 Å². The zero-order valence-corrected chi connectivity index (χ0v) is 36.1. The molecule has 2 heteroatoms. The summed E-state index contributed by atoms with van der Waals surface area (Å²) in [5.74, 6) is 0. The Hall–Kier alpha value is -8.72. The standard InChI is InChI=1S/C64H42N2/c1-3-16-43(17-4-1)48-20-15-21-49(42-48)44-30-36-50(37-31-44)65(58-27-12-9-24-53(58)52-23-8-7-22-51(52)45-18-5-2-6-19-45)61-40-34-46-33-39-57-62(41-35-47-32-38-56(61)63(46)64(47)57)66-59-28-13-10-25-54(59)55-26-11-14-29-60(55)66/h1-42H. The Balaban J connectivity index is 1.04. The lowest BCUT2D eigenvalue weighted by Crippen LogP contribution is -2.12. The molecule has 0 saturated carbocycles. The molecule has 13 rings (SSSR count). The predicted molar refractivity (Wildman–Crippen MR) is 281 cm³/mol. The van der Waals surface area contributed by atoms with Gasteiger partial charge in [-0.25, -0.2) is 0 Å². The zero-order chi connectivity index (χ0) is 43.6. The number of para-hydroxylation sites is 3. The molecule has 13 aromatic rings. The molecule has 0 N–H and O–H groups in total. The van der Waals surface area contributed by atoms with E-state index in [0.717, 1.165) is 22.6 Å². The summed E-state index contributed by atoms with van der Waals surface area (Å²) in [6.45, 7) is 0. The second-order valence-electron chi connectivity index (χ2n) is 17.2. The van der Waals surface area contributed by atoms with E-state index in [-0.39, 0.29) is 0 Å². The molecule has 0 spiro atoms. The third kappa shape index (κ3) is 6.11. The average molecular weight is 839 g/mol. The first-order chi connectivity index (χ1) is 32.8. The van der Waals surface area contributed by atoms with Gasteiger partial charge >= 0.3 is 0 Å². The summed E-state index contributed by atoms with van der Waals surface area (Å²) < 4.78 is 2.46. The molecule has 1 aromatic heterocycles. The maximum absolute atomic E-state index is 2.49. The maximum Gasteiger partial charge on any atom is 0.0541 e. The Labute approximate surface area is 383 Å². The van der Waals surface area contributed by atoms with Crippen LogP contribution in [0.15, 0.2) is 255 Å². The number of hydrogen-bond donors (Lipinski definition) is 0. The molecule has 0 bridgehead atoms. The van der Waals surface area contributed by atoms with Crippen LogP contribution in [0.2, 0.25) is 0 Å². The first kappa shape index (κ1) is 37.8. The summed E-state index contributed by atoms with van der Waals surface area (Å²) in [7, 11) is 0. The fourth-order valence-electron chi connectivity index (χ4n) is 10.5. The SMILES string of the molecule is c1ccc(-c2cccc(-c3ccc(N(c4ccccc4-c4ccccc4-c4ccccc4)c4ccc5ccc6c(-n7c8ccccc8c8ccccc87)ccc7ccc4c5c76)cc3)c2)cc1. The van der Waals surface area contributed by atoms with Crippen LogP contribution in [0.4, 0.5) is 17.1 Å². The van der Waals surface area contributed by atoms with Gasteiger partial charge in [-0.15, -0.1) is 0 Å². The summed E-state index contributed by atoms with van der Waals surface area (Å²) in [5.41, 5.74) is 16.5. The molecule has 0 unspecified atom stereocenters. The molecule has 2 nitrogen and oxygen atoms in total. The molecule has 0 saturated heterocycles. The maximum atomic E-state index is 2.49. The minimum absolute atomic E-state index is 1.09. The van der Waals surface area contributed by atoms with E-state index in [4.69, 9.17) is 0 Å². The van der Waals surface area contributed by atoms with Crippen LogP contribution in [-0.4, -0.2) is 4.57 Å². The first-order valence-corrected chi connectivity index (χ1v) is 22.8. The van der Waals surface area contributed by atoms with Gasteiger partial charge < -0.3 is 9.47 Å². The van der Waals surface area contributed by atoms with Crippen LogP contribution in [0.25, 0.3) is 104 Å². The Morgan fingerprint density at radius 3 is 1.47 bits per heavy atom. The van der Waals surface area contributed by atoms with E-state index in [1.54, 1.807) is 0 Å². The molecular formula is C64H42N2. The van der Waals surface area contributed by atoms with Crippen molar-refractivity contribution in [2.75, 3.05) is 4.90 Å². The van der Waals surface area contributed by atoms with Crippen LogP contribution in [0, 0.1) is 0 Å². The van der Waals surface area contributed by atoms with Gasteiger partial charge in [-0.1, -0.05) is 206 Å². The van der Waals surface area contributed by atoms with E-state index >= 15 is 0 Å². The monoisotopic (exact) mass is 838 g/mol. The molecule has 12 aromatic carbocycles. The van der Waals surface area contributed by atoms with Crippen molar-refractivity contribution in [3.05, 3.63) is 255 Å². The van der Waals surface area contributed by atoms with Gasteiger partial charge in [-0.2, -0.15) is 0 Å². The van der Waals surface area contributed by atoms with Gasteiger partial charge in [-0.05, 0) is 109 Å². The van der Waals surface area contributed by atoms with E-state index in [2.05, 4.69) is 264 Å². The first-order valence-electron chi connectivity index (χ1n) is 22.8. The Kier molecular flexibility index (Phi) is 8.89. The van der Waals surface area contributed by atoms with Crippen LogP contribution in [0.5, 0.6) is 0 Å². The second-order valence-corrected chi connectivity index (χ2v) is 17.2. The lowest BCUT2D eigenvalue weighted by Gasteiger charge is -2.30. The number of nitrogens with zero attached hydrogens (tertiary/aromatic N) is 2. The van der Waals surface area contributed by atoms with E-state index in [1.165, 1.54) is 98.8 Å². The highest BCUT2D eigenvalue weighted by atomic mass is 15.1. The van der Waals surface area contributed by atoms with Crippen LogP contribution in [-0.2, 0) is 0 Å². The fourth-order valence-corrected chi connectivity index (χ4v) is 10.5. The van der Waals surface area contributed by atoms with Gasteiger partial charge in [0.1, 0.15) is 0 Å². The molecule has 0 amide bonds. The highest BCUT2D eigenvalue weighted by Crippen LogP contribution is 2.49. The zero-order valence-electron chi connectivity index (χ0n) is 36.1. The smallest absolute Gasteiger partial charge is 0.0541 e. The van der Waals surface area contributed by atoms with E-state index in [0.29, 0.717) is 0 Å². The minimum atomic E-state index is 1.09. The van der Waals surface area contributed by atoms with Crippen molar-refractivity contribution >= 4 is 71.2 Å². The summed E-state index contributed by atoms with van der Waals surface area (Å²) in [6, 6.07) is 93.3. The van der Waals surface area contributed by atoms with Crippen molar-refractivity contribution in [3.63, 3.8) is 0 Å². The van der Waals surface area contributed by atoms with E-state index < -0.39 is 0 Å². The third-order valence-electron chi connectivity index (χ3n) is 13.6. The lowest BCUT2D eigenvalue weighted by molar-refractivity contribution is 1.20. The molecule has 0 aliphatic rings. The van der Waals surface area contributed by atoms with Crippen molar-refractivity contribution in [3.8, 4) is 50.2 Å². The number of aromatic nitrogens is 1. The Bertz CT molecular complexity index is 3870. The van der Waals surface area contributed by atoms with Crippen molar-refractivity contribution < 1.29 is 0 Å². The molecule has 0 aliphatic carbocycles. The second kappa shape index (κ2) is 15.5. The number of anilines is 3. The molecule has 0 atom stereocenters. The quantitative estimate of drug-likeness (QED) is 0.138. The minimum Gasteiger partial charge on any atom is -0.309 e. The normalized spacial score (nSPS) is 11.6. The molecular weight excluding hydrogens is 797 g/mol. The molecule has 308 valence electrons. The topological polar surface area (TPSA) is 8.17 Å². The van der Waals surface area contributed by atoms with Gasteiger partial charge in [0.15, 0.2) is 0 Å². The molecule has 0 radical (unpaired) electrons. The third-order valence-corrected chi connectivity index (χ3v) is 13.6. The Morgan fingerprint density at radius 1 is 0.273 bits per heavy atom. The van der Waals surface area contributed by atoms with Crippen molar-refractivity contribution in [1.82, 2.24) is 4.57 Å². The van der Waals surface area contributed by atoms with Crippen LogP contribution < -0.4 is 4.90 Å². The summed E-state index contributed by atoms with van der Waals surface area (Å²) in [4.78, 5) is 2.49. The van der Waals surface area contributed by atoms with Crippen molar-refractivity contribution in [1.29, 1.82) is 0 Å². The van der Waals surface area contributed by atoms with Crippen LogP contribution >= 0.6 is 0 Å². The fraction of sp³-hybridized carbons (Fsp3) is 0. The summed E-state index contributed by atoms with van der Waals surface area (Å²) >= 11 is 0. The number of hydrogen-bond acceptors (Lipinski definition) is 1. The van der Waals surface area contributed by atoms with Crippen molar-refractivity contribution in [2.45, 2.75) is 0 Å². The largest absolute Gasteiger partial charge is 0.309 e. The van der Waals surface area contributed by atoms with E-state index in [1.807, 2.05) is 0 Å². The van der Waals surface area contributed by atoms with Gasteiger partial charge in [0.2, 0.25) is 0 Å².